The third-order valence-electron chi connectivity index (χ3n) is 4.41. The van der Waals surface area contributed by atoms with Crippen LogP contribution < -0.4 is 10.6 Å². The molecule has 1 atom stereocenters. The number of halogens is 1. The standard InChI is InChI=1S/C17H27BrN2/c1-12(2)14-6-8-20(9-7-14)17-11-16(18)5-4-15(17)10-13(3)19/h4-5,11-14H,6-10,19H2,1-3H3. The quantitative estimate of drug-likeness (QED) is 0.890. The topological polar surface area (TPSA) is 29.3 Å². The number of nitrogens with two attached hydrogens (primary N) is 1. The zero-order valence-corrected chi connectivity index (χ0v) is 14.5. The lowest BCUT2D eigenvalue weighted by molar-refractivity contribution is 0.311. The first-order valence-electron chi connectivity index (χ1n) is 7.76. The van der Waals surface area contributed by atoms with Gasteiger partial charge in [-0.15, -0.1) is 0 Å². The summed E-state index contributed by atoms with van der Waals surface area (Å²) >= 11 is 3.61. The Kier molecular flexibility index (Phi) is 5.50. The number of piperidine rings is 1. The van der Waals surface area contributed by atoms with Crippen LogP contribution >= 0.6 is 15.9 Å². The largest absolute Gasteiger partial charge is 0.371 e. The van der Waals surface area contributed by atoms with Crippen LogP contribution in [-0.4, -0.2) is 19.1 Å². The molecule has 20 heavy (non-hydrogen) atoms. The number of hydrogen-bond acceptors (Lipinski definition) is 2. The number of rotatable bonds is 4. The van der Waals surface area contributed by atoms with Crippen LogP contribution in [0.25, 0.3) is 0 Å². The smallest absolute Gasteiger partial charge is 0.0410 e. The van der Waals surface area contributed by atoms with Gasteiger partial charge < -0.3 is 10.6 Å². The summed E-state index contributed by atoms with van der Waals surface area (Å²) in [4.78, 5) is 2.54. The Morgan fingerprint density at radius 1 is 1.25 bits per heavy atom. The summed E-state index contributed by atoms with van der Waals surface area (Å²) < 4.78 is 1.16. The fourth-order valence-corrected chi connectivity index (χ4v) is 3.51. The van der Waals surface area contributed by atoms with Crippen molar-refractivity contribution >= 4 is 21.6 Å². The molecule has 0 bridgehead atoms. The van der Waals surface area contributed by atoms with Crippen molar-refractivity contribution in [3.05, 3.63) is 28.2 Å². The molecule has 1 saturated heterocycles. The molecule has 1 aromatic rings. The second-order valence-electron chi connectivity index (χ2n) is 6.52. The molecule has 1 aliphatic heterocycles. The summed E-state index contributed by atoms with van der Waals surface area (Å²) in [5, 5.41) is 0. The van der Waals surface area contributed by atoms with E-state index in [1.54, 1.807) is 0 Å². The molecule has 1 aliphatic rings. The second kappa shape index (κ2) is 6.95. The van der Waals surface area contributed by atoms with Crippen LogP contribution in [-0.2, 0) is 6.42 Å². The Morgan fingerprint density at radius 3 is 2.45 bits per heavy atom. The number of hydrogen-bond donors (Lipinski definition) is 1. The molecule has 2 rings (SSSR count). The molecular weight excluding hydrogens is 312 g/mol. The van der Waals surface area contributed by atoms with Crippen LogP contribution in [0.1, 0.15) is 39.2 Å². The molecule has 0 aliphatic carbocycles. The summed E-state index contributed by atoms with van der Waals surface area (Å²) in [5.41, 5.74) is 8.75. The van der Waals surface area contributed by atoms with E-state index < -0.39 is 0 Å². The van der Waals surface area contributed by atoms with E-state index in [0.29, 0.717) is 0 Å². The Labute approximate surface area is 131 Å². The van der Waals surface area contributed by atoms with Crippen LogP contribution in [0, 0.1) is 11.8 Å². The van der Waals surface area contributed by atoms with Gasteiger partial charge in [0.25, 0.3) is 0 Å². The molecule has 1 heterocycles. The van der Waals surface area contributed by atoms with Gasteiger partial charge in [0.05, 0.1) is 0 Å². The maximum atomic E-state index is 5.99. The van der Waals surface area contributed by atoms with Gasteiger partial charge in [0, 0.05) is 29.3 Å². The molecule has 3 heteroatoms. The summed E-state index contributed by atoms with van der Waals surface area (Å²) in [7, 11) is 0. The van der Waals surface area contributed by atoms with Crippen molar-refractivity contribution in [3.63, 3.8) is 0 Å². The zero-order valence-electron chi connectivity index (χ0n) is 12.9. The highest BCUT2D eigenvalue weighted by molar-refractivity contribution is 9.10. The average Bonchev–Trinajstić information content (AvgIpc) is 2.40. The van der Waals surface area contributed by atoms with E-state index >= 15 is 0 Å². The van der Waals surface area contributed by atoms with E-state index in [0.717, 1.165) is 22.7 Å². The van der Waals surface area contributed by atoms with Crippen molar-refractivity contribution in [3.8, 4) is 0 Å². The monoisotopic (exact) mass is 338 g/mol. The Bertz CT molecular complexity index is 435. The highest BCUT2D eigenvalue weighted by Gasteiger charge is 2.23. The molecule has 1 aromatic carbocycles. The summed E-state index contributed by atoms with van der Waals surface area (Å²) in [6.07, 6.45) is 3.57. The summed E-state index contributed by atoms with van der Waals surface area (Å²) in [6, 6.07) is 6.82. The van der Waals surface area contributed by atoms with Crippen molar-refractivity contribution in [2.75, 3.05) is 18.0 Å². The Morgan fingerprint density at radius 2 is 1.90 bits per heavy atom. The highest BCUT2D eigenvalue weighted by Crippen LogP contribution is 2.32. The van der Waals surface area contributed by atoms with Crippen LogP contribution in [0.5, 0.6) is 0 Å². The third-order valence-corrected chi connectivity index (χ3v) is 4.91. The first-order valence-corrected chi connectivity index (χ1v) is 8.55. The van der Waals surface area contributed by atoms with Gasteiger partial charge >= 0.3 is 0 Å². The maximum Gasteiger partial charge on any atom is 0.0410 e. The van der Waals surface area contributed by atoms with Crippen molar-refractivity contribution in [1.82, 2.24) is 0 Å². The normalized spacial score (nSPS) is 18.6. The first-order chi connectivity index (χ1) is 9.47. The van der Waals surface area contributed by atoms with Crippen LogP contribution in [0.2, 0.25) is 0 Å². The minimum atomic E-state index is 0.211. The van der Waals surface area contributed by atoms with Gasteiger partial charge in [-0.25, -0.2) is 0 Å². The fraction of sp³-hybridized carbons (Fsp3) is 0.647. The molecule has 1 unspecified atom stereocenters. The molecule has 0 saturated carbocycles. The SMILES string of the molecule is CC(N)Cc1ccc(Br)cc1N1CCC(C(C)C)CC1. The molecule has 1 fully saturated rings. The lowest BCUT2D eigenvalue weighted by Gasteiger charge is -2.36. The first kappa shape index (κ1) is 15.8. The fourth-order valence-electron chi connectivity index (χ4n) is 3.16. The molecule has 2 nitrogen and oxygen atoms in total. The van der Waals surface area contributed by atoms with E-state index in [2.05, 4.69) is 59.8 Å². The third kappa shape index (κ3) is 3.98. The molecule has 2 N–H and O–H groups in total. The number of nitrogens with zero attached hydrogens (tertiary/aromatic N) is 1. The minimum Gasteiger partial charge on any atom is -0.371 e. The predicted octanol–water partition coefficient (Wildman–Crippen LogP) is 4.21. The van der Waals surface area contributed by atoms with Gasteiger partial charge in [0.1, 0.15) is 0 Å². The predicted molar refractivity (Wildman–Crippen MR) is 91.3 cm³/mol. The van der Waals surface area contributed by atoms with Gasteiger partial charge in [-0.1, -0.05) is 35.8 Å². The second-order valence-corrected chi connectivity index (χ2v) is 7.44. The maximum absolute atomic E-state index is 5.99. The highest BCUT2D eigenvalue weighted by atomic mass is 79.9. The van der Waals surface area contributed by atoms with E-state index in [9.17, 15) is 0 Å². The van der Waals surface area contributed by atoms with Crippen molar-refractivity contribution in [2.24, 2.45) is 17.6 Å². The van der Waals surface area contributed by atoms with E-state index in [-0.39, 0.29) is 6.04 Å². The van der Waals surface area contributed by atoms with Crippen LogP contribution in [0.3, 0.4) is 0 Å². The van der Waals surface area contributed by atoms with Crippen molar-refractivity contribution in [2.45, 2.75) is 46.1 Å². The summed E-state index contributed by atoms with van der Waals surface area (Å²) in [5.74, 6) is 1.69. The molecule has 0 amide bonds. The number of benzene rings is 1. The van der Waals surface area contributed by atoms with Crippen LogP contribution in [0.15, 0.2) is 22.7 Å². The zero-order chi connectivity index (χ0) is 14.7. The Balaban J connectivity index is 2.14. The molecule has 0 radical (unpaired) electrons. The van der Waals surface area contributed by atoms with Gasteiger partial charge in [0.2, 0.25) is 0 Å². The van der Waals surface area contributed by atoms with Gasteiger partial charge in [-0.3, -0.25) is 0 Å². The molecule has 0 aromatic heterocycles. The van der Waals surface area contributed by atoms with Crippen LogP contribution in [0.4, 0.5) is 5.69 Å². The minimum absolute atomic E-state index is 0.211. The van der Waals surface area contributed by atoms with Gasteiger partial charge in [-0.2, -0.15) is 0 Å². The van der Waals surface area contributed by atoms with E-state index in [4.69, 9.17) is 5.73 Å². The van der Waals surface area contributed by atoms with Gasteiger partial charge in [-0.05, 0) is 55.7 Å². The lowest BCUT2D eigenvalue weighted by Crippen LogP contribution is -2.36. The van der Waals surface area contributed by atoms with Gasteiger partial charge in [0.15, 0.2) is 0 Å². The molecular formula is C17H27BrN2. The summed E-state index contributed by atoms with van der Waals surface area (Å²) in [6.45, 7) is 9.12. The number of anilines is 1. The van der Waals surface area contributed by atoms with Crippen molar-refractivity contribution < 1.29 is 0 Å². The van der Waals surface area contributed by atoms with E-state index in [1.807, 2.05) is 0 Å². The average molecular weight is 339 g/mol. The molecule has 112 valence electrons. The molecule has 0 spiro atoms. The van der Waals surface area contributed by atoms with Crippen molar-refractivity contribution in [1.29, 1.82) is 0 Å². The Hall–Kier alpha value is -0.540. The lowest BCUT2D eigenvalue weighted by atomic mass is 9.86. The van der Waals surface area contributed by atoms with E-state index in [1.165, 1.54) is 37.2 Å².